The van der Waals surface area contributed by atoms with Gasteiger partial charge in [0, 0.05) is 15.3 Å². The molecule has 0 heterocycles. The molecule has 0 amide bonds. The Morgan fingerprint density at radius 3 is 2.67 bits per heavy atom. The van der Waals surface area contributed by atoms with E-state index in [2.05, 4.69) is 73.8 Å². The van der Waals surface area contributed by atoms with E-state index in [1.54, 1.807) is 0 Å². The summed E-state index contributed by atoms with van der Waals surface area (Å²) in [6, 6.07) is 7.30. The van der Waals surface area contributed by atoms with Crippen LogP contribution in [0.2, 0.25) is 0 Å². The maximum absolute atomic E-state index is 3.76. The Kier molecular flexibility index (Phi) is 4.25. The van der Waals surface area contributed by atoms with E-state index in [1.807, 2.05) is 0 Å². The van der Waals surface area contributed by atoms with E-state index in [0.29, 0.717) is 11.5 Å². The van der Waals surface area contributed by atoms with Gasteiger partial charge in [0.2, 0.25) is 0 Å². The number of nitrogens with one attached hydrogen (secondary N) is 1. The zero-order valence-electron chi connectivity index (χ0n) is 11.9. The van der Waals surface area contributed by atoms with Gasteiger partial charge in [-0.25, -0.2) is 0 Å². The second kappa shape index (κ2) is 5.40. The van der Waals surface area contributed by atoms with E-state index in [9.17, 15) is 0 Å². The molecule has 2 unspecified atom stereocenters. The number of halogens is 1. The van der Waals surface area contributed by atoms with Gasteiger partial charge < -0.3 is 5.32 Å². The van der Waals surface area contributed by atoms with Crippen molar-refractivity contribution in [3.05, 3.63) is 27.3 Å². The molecule has 0 saturated heterocycles. The van der Waals surface area contributed by atoms with Crippen LogP contribution in [-0.2, 0) is 0 Å². The summed E-state index contributed by atoms with van der Waals surface area (Å²) >= 11 is 2.37. The Bertz CT molecular complexity index is 425. The maximum atomic E-state index is 3.76. The van der Waals surface area contributed by atoms with Crippen molar-refractivity contribution in [1.29, 1.82) is 0 Å². The van der Waals surface area contributed by atoms with Crippen LogP contribution in [0.4, 0.5) is 5.69 Å². The number of hydrogen-bond donors (Lipinski definition) is 1. The van der Waals surface area contributed by atoms with Gasteiger partial charge in [0.1, 0.15) is 0 Å². The fourth-order valence-corrected chi connectivity index (χ4v) is 3.80. The van der Waals surface area contributed by atoms with E-state index in [-0.39, 0.29) is 0 Å². The molecule has 0 aromatic heterocycles. The molecule has 2 heteroatoms. The van der Waals surface area contributed by atoms with Crippen molar-refractivity contribution in [3.63, 3.8) is 0 Å². The fourth-order valence-electron chi connectivity index (χ4n) is 3.15. The molecule has 0 radical (unpaired) electrons. The summed E-state index contributed by atoms with van der Waals surface area (Å²) in [4.78, 5) is 0. The van der Waals surface area contributed by atoms with Crippen molar-refractivity contribution < 1.29 is 0 Å². The minimum Gasteiger partial charge on any atom is -0.382 e. The summed E-state index contributed by atoms with van der Waals surface area (Å²) in [5.74, 6) is 0.757. The minimum absolute atomic E-state index is 0.526. The number of hydrogen-bond acceptors (Lipinski definition) is 1. The fraction of sp³-hybridized carbons (Fsp3) is 0.625. The molecule has 0 spiro atoms. The summed E-state index contributed by atoms with van der Waals surface area (Å²) < 4.78 is 1.31. The normalized spacial score (nSPS) is 26.9. The Balaban J connectivity index is 2.06. The third-order valence-electron chi connectivity index (χ3n) is 4.22. The molecule has 1 fully saturated rings. The highest BCUT2D eigenvalue weighted by Gasteiger charge is 2.32. The summed E-state index contributed by atoms with van der Waals surface area (Å²) in [5.41, 5.74) is 3.20. The van der Waals surface area contributed by atoms with Crippen LogP contribution in [0.3, 0.4) is 0 Å². The summed E-state index contributed by atoms with van der Waals surface area (Å²) in [5, 5.41) is 3.76. The van der Waals surface area contributed by atoms with Crippen LogP contribution in [0, 0.1) is 21.8 Å². The molecule has 2 atom stereocenters. The molecule has 18 heavy (non-hydrogen) atoms. The number of anilines is 1. The molecule has 1 saturated carbocycles. The molecular weight excluding hydrogens is 333 g/mol. The van der Waals surface area contributed by atoms with E-state index >= 15 is 0 Å². The topological polar surface area (TPSA) is 12.0 Å². The Morgan fingerprint density at radius 2 is 2.06 bits per heavy atom. The molecular formula is C16H24IN. The highest BCUT2D eigenvalue weighted by atomic mass is 127. The predicted molar refractivity (Wildman–Crippen MR) is 88.1 cm³/mol. The average Bonchev–Trinajstić information content (AvgIpc) is 2.24. The molecule has 1 aliphatic rings. The lowest BCUT2D eigenvalue weighted by molar-refractivity contribution is 0.177. The number of aryl methyl sites for hydroxylation is 1. The van der Waals surface area contributed by atoms with Crippen molar-refractivity contribution in [2.75, 3.05) is 5.32 Å². The first-order valence-corrected chi connectivity index (χ1v) is 7.98. The molecule has 1 aromatic rings. The van der Waals surface area contributed by atoms with Crippen LogP contribution in [0.5, 0.6) is 0 Å². The molecule has 1 N–H and O–H groups in total. The van der Waals surface area contributed by atoms with Gasteiger partial charge in [0.25, 0.3) is 0 Å². The van der Waals surface area contributed by atoms with Gasteiger partial charge in [-0.15, -0.1) is 0 Å². The quantitative estimate of drug-likeness (QED) is 0.715. The minimum atomic E-state index is 0.526. The van der Waals surface area contributed by atoms with Crippen molar-refractivity contribution in [1.82, 2.24) is 0 Å². The van der Waals surface area contributed by atoms with E-state index in [4.69, 9.17) is 0 Å². The summed E-state index contributed by atoms with van der Waals surface area (Å²) in [6.45, 7) is 9.38. The molecule has 100 valence electrons. The molecule has 1 aliphatic carbocycles. The van der Waals surface area contributed by atoms with Crippen LogP contribution in [-0.4, -0.2) is 6.04 Å². The van der Waals surface area contributed by atoms with Crippen LogP contribution in [0.25, 0.3) is 0 Å². The van der Waals surface area contributed by atoms with E-state index in [1.165, 1.54) is 34.1 Å². The Labute approximate surface area is 125 Å². The Morgan fingerprint density at radius 1 is 1.33 bits per heavy atom. The summed E-state index contributed by atoms with van der Waals surface area (Å²) in [6.07, 6.45) is 3.95. The SMILES string of the molecule is Cc1cc(I)ccc1NC1CCC(C)(C)CC1C. The number of rotatable bonds is 2. The molecule has 0 aliphatic heterocycles. The highest BCUT2D eigenvalue weighted by Crippen LogP contribution is 2.39. The second-order valence-electron chi connectivity index (χ2n) is 6.59. The van der Waals surface area contributed by atoms with Crippen molar-refractivity contribution >= 4 is 28.3 Å². The lowest BCUT2D eigenvalue weighted by Crippen LogP contribution is -2.37. The monoisotopic (exact) mass is 357 g/mol. The second-order valence-corrected chi connectivity index (χ2v) is 7.84. The van der Waals surface area contributed by atoms with Gasteiger partial charge in [0.15, 0.2) is 0 Å². The van der Waals surface area contributed by atoms with Crippen LogP contribution in [0.15, 0.2) is 18.2 Å². The standard InChI is InChI=1S/C16H24IN/c1-11-9-13(17)5-6-14(11)18-15-7-8-16(3,4)10-12(15)2/h5-6,9,12,15,18H,7-8,10H2,1-4H3. The van der Waals surface area contributed by atoms with Crippen LogP contribution in [0.1, 0.15) is 45.6 Å². The number of benzene rings is 1. The molecule has 0 bridgehead atoms. The lowest BCUT2D eigenvalue weighted by atomic mass is 9.70. The first-order valence-electron chi connectivity index (χ1n) is 6.90. The zero-order valence-corrected chi connectivity index (χ0v) is 14.0. The van der Waals surface area contributed by atoms with Gasteiger partial charge in [-0.3, -0.25) is 0 Å². The molecule has 1 nitrogen and oxygen atoms in total. The Hall–Kier alpha value is -0.250. The van der Waals surface area contributed by atoms with E-state index < -0.39 is 0 Å². The molecule has 1 aromatic carbocycles. The van der Waals surface area contributed by atoms with Gasteiger partial charge in [-0.05, 0) is 83.9 Å². The lowest BCUT2D eigenvalue weighted by Gasteiger charge is -2.40. The molecule has 2 rings (SSSR count). The van der Waals surface area contributed by atoms with Gasteiger partial charge in [-0.1, -0.05) is 20.8 Å². The van der Waals surface area contributed by atoms with Crippen molar-refractivity contribution in [2.24, 2.45) is 11.3 Å². The highest BCUT2D eigenvalue weighted by molar-refractivity contribution is 14.1. The first kappa shape index (κ1) is 14.2. The third kappa shape index (κ3) is 3.40. The van der Waals surface area contributed by atoms with Gasteiger partial charge in [0.05, 0.1) is 0 Å². The van der Waals surface area contributed by atoms with Crippen molar-refractivity contribution in [3.8, 4) is 0 Å². The smallest absolute Gasteiger partial charge is 0.0372 e. The third-order valence-corrected chi connectivity index (χ3v) is 4.89. The van der Waals surface area contributed by atoms with Crippen LogP contribution >= 0.6 is 22.6 Å². The zero-order chi connectivity index (χ0) is 13.3. The maximum Gasteiger partial charge on any atom is 0.0372 e. The average molecular weight is 357 g/mol. The van der Waals surface area contributed by atoms with E-state index in [0.717, 1.165) is 5.92 Å². The largest absolute Gasteiger partial charge is 0.382 e. The van der Waals surface area contributed by atoms with Gasteiger partial charge in [-0.2, -0.15) is 0 Å². The van der Waals surface area contributed by atoms with Crippen LogP contribution < -0.4 is 5.32 Å². The van der Waals surface area contributed by atoms with Gasteiger partial charge >= 0.3 is 0 Å². The predicted octanol–water partition coefficient (Wildman–Crippen LogP) is 5.23. The summed E-state index contributed by atoms with van der Waals surface area (Å²) in [7, 11) is 0. The van der Waals surface area contributed by atoms with Crippen molar-refractivity contribution in [2.45, 2.75) is 53.0 Å². The first-order chi connectivity index (χ1) is 8.37.